The Labute approximate surface area is 143 Å². The molecule has 0 saturated carbocycles. The van der Waals surface area contributed by atoms with Crippen molar-refractivity contribution < 1.29 is 24.5 Å². The number of thioether (sulfide) groups is 1. The molecule has 0 aromatic heterocycles. The van der Waals surface area contributed by atoms with E-state index >= 15 is 0 Å². The molecule has 0 fully saturated rings. The van der Waals surface area contributed by atoms with E-state index in [-0.39, 0.29) is 16.5 Å². The molecule has 0 radical (unpaired) electrons. The topological polar surface area (TPSA) is 76.0 Å². The van der Waals surface area contributed by atoms with Gasteiger partial charge in [0.15, 0.2) is 0 Å². The average molecular weight is 346 g/mol. The molecule has 134 valence electrons. The van der Waals surface area contributed by atoms with Crippen molar-refractivity contribution in [2.75, 3.05) is 0 Å². The molecule has 1 aliphatic rings. The van der Waals surface area contributed by atoms with Gasteiger partial charge >= 0.3 is 5.30 Å². The van der Waals surface area contributed by atoms with Gasteiger partial charge in [0.2, 0.25) is 0 Å². The molecule has 0 aliphatic heterocycles. The first kappa shape index (κ1) is 20.5. The largest absolute Gasteiger partial charge is 0.450 e. The Hall–Kier alpha value is -0.560. The average Bonchev–Trinajstić information content (AvgIpc) is 2.29. The maximum atomic E-state index is 12.0. The van der Waals surface area contributed by atoms with E-state index < -0.39 is 30.0 Å². The Kier molecular flexibility index (Phi) is 7.13. The number of carbonyl (C=O) groups is 1. The van der Waals surface area contributed by atoms with Crippen LogP contribution in [0.3, 0.4) is 0 Å². The number of aliphatic hydroxyl groups is 2. The Balaban J connectivity index is 2.74. The van der Waals surface area contributed by atoms with Crippen LogP contribution in [0.1, 0.15) is 54.4 Å². The van der Waals surface area contributed by atoms with Crippen molar-refractivity contribution in [1.29, 1.82) is 0 Å². The van der Waals surface area contributed by atoms with E-state index in [0.717, 1.165) is 11.8 Å². The maximum Gasteiger partial charge on any atom is 0.368 e. The molecule has 0 aromatic carbocycles. The molecule has 0 saturated heterocycles. The highest BCUT2D eigenvalue weighted by Crippen LogP contribution is 2.28. The van der Waals surface area contributed by atoms with Gasteiger partial charge in [-0.1, -0.05) is 26.8 Å². The minimum absolute atomic E-state index is 0.238. The quantitative estimate of drug-likeness (QED) is 0.590. The normalized spacial score (nSPS) is 31.1. The van der Waals surface area contributed by atoms with Crippen molar-refractivity contribution in [2.45, 2.75) is 89.1 Å². The number of ether oxygens (including phenoxy) is 2. The third-order valence-electron chi connectivity index (χ3n) is 3.07. The van der Waals surface area contributed by atoms with Gasteiger partial charge in [-0.3, -0.25) is 0 Å². The minimum Gasteiger partial charge on any atom is -0.450 e. The van der Waals surface area contributed by atoms with E-state index in [1.807, 2.05) is 41.5 Å². The summed E-state index contributed by atoms with van der Waals surface area (Å²) in [6.07, 6.45) is 1.17. The van der Waals surface area contributed by atoms with Crippen LogP contribution in [0.2, 0.25) is 0 Å². The van der Waals surface area contributed by atoms with Gasteiger partial charge in [0.1, 0.15) is 6.10 Å². The summed E-state index contributed by atoms with van der Waals surface area (Å²) < 4.78 is 11.0. The van der Waals surface area contributed by atoms with E-state index in [0.29, 0.717) is 6.42 Å². The summed E-state index contributed by atoms with van der Waals surface area (Å²) in [5, 5.41) is 20.0. The van der Waals surface area contributed by atoms with Gasteiger partial charge < -0.3 is 19.7 Å². The molecule has 1 aliphatic carbocycles. The molecule has 0 spiro atoms. The van der Waals surface area contributed by atoms with Crippen LogP contribution >= 0.6 is 11.8 Å². The Morgan fingerprint density at radius 3 is 2.22 bits per heavy atom. The number of hydrogen-bond acceptors (Lipinski definition) is 6. The zero-order valence-corrected chi connectivity index (χ0v) is 15.7. The van der Waals surface area contributed by atoms with Crippen molar-refractivity contribution in [3.8, 4) is 0 Å². The molecule has 0 aromatic rings. The smallest absolute Gasteiger partial charge is 0.368 e. The molecule has 2 N–H and O–H groups in total. The van der Waals surface area contributed by atoms with Crippen LogP contribution in [0.5, 0.6) is 0 Å². The summed E-state index contributed by atoms with van der Waals surface area (Å²) in [7, 11) is 0. The fourth-order valence-electron chi connectivity index (χ4n) is 2.26. The lowest BCUT2D eigenvalue weighted by Gasteiger charge is -2.34. The van der Waals surface area contributed by atoms with Crippen molar-refractivity contribution in [3.63, 3.8) is 0 Å². The van der Waals surface area contributed by atoms with Crippen LogP contribution in [0.25, 0.3) is 0 Å². The summed E-state index contributed by atoms with van der Waals surface area (Å²) >= 11 is 1.10. The summed E-state index contributed by atoms with van der Waals surface area (Å²) in [6.45, 7) is 11.5. The summed E-state index contributed by atoms with van der Waals surface area (Å²) in [5.41, 5.74) is -0.428. The monoisotopic (exact) mass is 346 g/mol. The van der Waals surface area contributed by atoms with Crippen molar-refractivity contribution >= 4 is 17.1 Å². The Morgan fingerprint density at radius 2 is 1.70 bits per heavy atom. The third kappa shape index (κ3) is 8.74. The van der Waals surface area contributed by atoms with E-state index in [4.69, 9.17) is 9.47 Å². The van der Waals surface area contributed by atoms with E-state index in [1.165, 1.54) is 0 Å². The third-order valence-corrected chi connectivity index (χ3v) is 3.94. The first-order valence-electron chi connectivity index (χ1n) is 7.97. The predicted molar refractivity (Wildman–Crippen MR) is 92.6 cm³/mol. The van der Waals surface area contributed by atoms with Gasteiger partial charge in [0, 0.05) is 17.6 Å². The van der Waals surface area contributed by atoms with Gasteiger partial charge in [0.25, 0.3) is 0 Å². The molecule has 4 unspecified atom stereocenters. The highest BCUT2D eigenvalue weighted by Gasteiger charge is 2.32. The van der Waals surface area contributed by atoms with E-state index in [2.05, 4.69) is 0 Å². The van der Waals surface area contributed by atoms with Gasteiger partial charge in [-0.25, -0.2) is 4.79 Å². The number of aliphatic hydroxyl groups excluding tert-OH is 2. The number of carbonyl (C=O) groups excluding carboxylic acids is 1. The van der Waals surface area contributed by atoms with Gasteiger partial charge in [0.05, 0.1) is 23.9 Å². The molecular formula is C17H30O5S. The summed E-state index contributed by atoms with van der Waals surface area (Å²) in [4.78, 5) is 12.0. The highest BCUT2D eigenvalue weighted by atomic mass is 32.2. The zero-order chi connectivity index (χ0) is 17.8. The molecule has 5 nitrogen and oxygen atoms in total. The molecular weight excluding hydrogens is 316 g/mol. The van der Waals surface area contributed by atoms with Crippen LogP contribution in [0.15, 0.2) is 12.2 Å². The van der Waals surface area contributed by atoms with Crippen LogP contribution in [-0.4, -0.2) is 50.3 Å². The Bertz CT molecular complexity index is 422. The highest BCUT2D eigenvalue weighted by molar-refractivity contribution is 8.14. The summed E-state index contributed by atoms with van der Waals surface area (Å²) in [6, 6.07) is 0. The maximum absolute atomic E-state index is 12.0. The van der Waals surface area contributed by atoms with Crippen LogP contribution < -0.4 is 0 Å². The number of hydrogen-bond donors (Lipinski definition) is 2. The SMILES string of the molecule is CC(C)(C)OC1CC(O)/C=C/C(OC(=O)SC(C)(C)C)CC1O. The lowest BCUT2D eigenvalue weighted by Crippen LogP contribution is -2.41. The Morgan fingerprint density at radius 1 is 1.09 bits per heavy atom. The molecule has 1 rings (SSSR count). The fourth-order valence-corrected chi connectivity index (χ4v) is 2.93. The molecule has 0 bridgehead atoms. The van der Waals surface area contributed by atoms with Gasteiger partial charge in [-0.2, -0.15) is 0 Å². The van der Waals surface area contributed by atoms with Crippen molar-refractivity contribution in [1.82, 2.24) is 0 Å². The fraction of sp³-hybridized carbons (Fsp3) is 0.824. The van der Waals surface area contributed by atoms with Gasteiger partial charge in [-0.15, -0.1) is 0 Å². The van der Waals surface area contributed by atoms with Crippen molar-refractivity contribution in [2.24, 2.45) is 0 Å². The molecule has 4 atom stereocenters. The molecule has 0 amide bonds. The summed E-state index contributed by atoms with van der Waals surface area (Å²) in [5.74, 6) is 0. The molecule has 6 heteroatoms. The second-order valence-electron chi connectivity index (χ2n) is 7.88. The van der Waals surface area contributed by atoms with Crippen LogP contribution in [0.4, 0.5) is 4.79 Å². The standard InChI is InChI=1S/C17H30O5S/c1-16(2,3)22-14-9-11(18)7-8-12(10-13(14)19)21-15(20)23-17(4,5)6/h7-8,11-14,18-19H,9-10H2,1-6H3/b8-7+. The number of rotatable bonds is 2. The first-order chi connectivity index (χ1) is 10.4. The van der Waals surface area contributed by atoms with Crippen molar-refractivity contribution in [3.05, 3.63) is 12.2 Å². The van der Waals surface area contributed by atoms with Gasteiger partial charge in [-0.05, 0) is 38.6 Å². The second-order valence-corrected chi connectivity index (χ2v) is 9.64. The first-order valence-corrected chi connectivity index (χ1v) is 8.79. The van der Waals surface area contributed by atoms with Crippen LogP contribution in [0, 0.1) is 0 Å². The second kappa shape index (κ2) is 8.01. The zero-order valence-electron chi connectivity index (χ0n) is 14.9. The predicted octanol–water partition coefficient (Wildman–Crippen LogP) is 3.28. The van der Waals surface area contributed by atoms with Crippen LogP contribution in [-0.2, 0) is 9.47 Å². The lowest BCUT2D eigenvalue weighted by molar-refractivity contribution is -0.128. The van der Waals surface area contributed by atoms with E-state index in [9.17, 15) is 15.0 Å². The molecule has 0 heterocycles. The minimum atomic E-state index is -0.814. The lowest BCUT2D eigenvalue weighted by atomic mass is 9.96. The molecule has 23 heavy (non-hydrogen) atoms. The van der Waals surface area contributed by atoms with E-state index in [1.54, 1.807) is 12.2 Å².